The summed E-state index contributed by atoms with van der Waals surface area (Å²) in [7, 11) is 2.72. The first-order chi connectivity index (χ1) is 7.69. The number of hydrogen-bond acceptors (Lipinski definition) is 6. The third-order valence-corrected chi connectivity index (χ3v) is 1.72. The van der Waals surface area contributed by atoms with Crippen LogP contribution in [0.1, 0.15) is 19.2 Å². The van der Waals surface area contributed by atoms with Crippen molar-refractivity contribution in [1.29, 1.82) is 0 Å². The van der Waals surface area contributed by atoms with Gasteiger partial charge in [-0.3, -0.25) is 5.32 Å². The van der Waals surface area contributed by atoms with E-state index in [1.54, 1.807) is 0 Å². The van der Waals surface area contributed by atoms with Crippen molar-refractivity contribution in [2.75, 3.05) is 19.5 Å². The van der Waals surface area contributed by atoms with E-state index in [1.807, 2.05) is 6.92 Å². The van der Waals surface area contributed by atoms with Crippen molar-refractivity contribution in [1.82, 2.24) is 15.0 Å². The minimum absolute atomic E-state index is 0.127. The normalized spacial score (nSPS) is 9.69. The maximum absolute atomic E-state index is 11.0. The van der Waals surface area contributed by atoms with Gasteiger partial charge >= 0.3 is 12.1 Å². The van der Waals surface area contributed by atoms with Crippen molar-refractivity contribution in [2.45, 2.75) is 19.8 Å². The zero-order valence-electron chi connectivity index (χ0n) is 9.48. The van der Waals surface area contributed by atoms with E-state index in [2.05, 4.69) is 25.0 Å². The van der Waals surface area contributed by atoms with Crippen molar-refractivity contribution in [3.05, 3.63) is 5.82 Å². The molecule has 0 fully saturated rings. The second-order valence-corrected chi connectivity index (χ2v) is 2.93. The van der Waals surface area contributed by atoms with Gasteiger partial charge in [-0.1, -0.05) is 6.92 Å². The van der Waals surface area contributed by atoms with Crippen molar-refractivity contribution in [3.8, 4) is 6.01 Å². The molecule has 16 heavy (non-hydrogen) atoms. The first kappa shape index (κ1) is 12.2. The molecule has 1 heterocycles. The van der Waals surface area contributed by atoms with E-state index in [-0.39, 0.29) is 12.0 Å². The molecule has 7 nitrogen and oxygen atoms in total. The molecular formula is C9H14N4O3. The predicted molar refractivity (Wildman–Crippen MR) is 56.4 cm³/mol. The molecule has 88 valence electrons. The third-order valence-electron chi connectivity index (χ3n) is 1.72. The lowest BCUT2D eigenvalue weighted by Crippen LogP contribution is -2.15. The Morgan fingerprint density at radius 3 is 2.62 bits per heavy atom. The largest absolute Gasteiger partial charge is 0.467 e. The number of aryl methyl sites for hydroxylation is 1. The highest BCUT2D eigenvalue weighted by Crippen LogP contribution is 2.08. The van der Waals surface area contributed by atoms with Gasteiger partial charge in [0.2, 0.25) is 5.95 Å². The summed E-state index contributed by atoms with van der Waals surface area (Å²) < 4.78 is 9.34. The van der Waals surface area contributed by atoms with Crippen LogP contribution in [0.3, 0.4) is 0 Å². The van der Waals surface area contributed by atoms with Crippen molar-refractivity contribution >= 4 is 12.0 Å². The van der Waals surface area contributed by atoms with Gasteiger partial charge in [0.1, 0.15) is 5.82 Å². The van der Waals surface area contributed by atoms with Gasteiger partial charge < -0.3 is 9.47 Å². The molecule has 0 bridgehead atoms. The number of carbonyl (C=O) groups is 1. The van der Waals surface area contributed by atoms with E-state index < -0.39 is 6.09 Å². The Hall–Kier alpha value is -1.92. The van der Waals surface area contributed by atoms with Crippen LogP contribution in [0.25, 0.3) is 0 Å². The highest BCUT2D eigenvalue weighted by Gasteiger charge is 2.09. The van der Waals surface area contributed by atoms with E-state index >= 15 is 0 Å². The van der Waals surface area contributed by atoms with Gasteiger partial charge in [-0.2, -0.15) is 15.0 Å². The topological polar surface area (TPSA) is 86.2 Å². The second-order valence-electron chi connectivity index (χ2n) is 2.93. The summed E-state index contributed by atoms with van der Waals surface area (Å²) in [5, 5.41) is 2.36. The zero-order valence-corrected chi connectivity index (χ0v) is 9.48. The fourth-order valence-electron chi connectivity index (χ4n) is 1.02. The molecule has 1 N–H and O–H groups in total. The van der Waals surface area contributed by atoms with Gasteiger partial charge in [0.25, 0.3) is 0 Å². The molecule has 0 aromatic carbocycles. The fraction of sp³-hybridized carbons (Fsp3) is 0.556. The van der Waals surface area contributed by atoms with Gasteiger partial charge in [0.05, 0.1) is 14.2 Å². The van der Waals surface area contributed by atoms with Gasteiger partial charge in [-0.15, -0.1) is 0 Å². The molecule has 0 saturated carbocycles. The number of nitrogens with zero attached hydrogens (tertiary/aromatic N) is 3. The molecule has 0 saturated heterocycles. The Morgan fingerprint density at radius 1 is 1.31 bits per heavy atom. The highest BCUT2D eigenvalue weighted by atomic mass is 16.5. The molecule has 7 heteroatoms. The Bertz CT molecular complexity index is 370. The van der Waals surface area contributed by atoms with E-state index in [4.69, 9.17) is 4.74 Å². The lowest BCUT2D eigenvalue weighted by atomic mass is 10.3. The van der Waals surface area contributed by atoms with E-state index in [9.17, 15) is 4.79 Å². The summed E-state index contributed by atoms with van der Waals surface area (Å²) in [5.41, 5.74) is 0. The van der Waals surface area contributed by atoms with Crippen molar-refractivity contribution in [2.24, 2.45) is 0 Å². The number of ether oxygens (including phenoxy) is 2. The molecule has 0 spiro atoms. The Balaban J connectivity index is 2.90. The molecule has 0 aliphatic heterocycles. The van der Waals surface area contributed by atoms with Crippen LogP contribution in [-0.2, 0) is 11.2 Å². The van der Waals surface area contributed by atoms with E-state index in [0.29, 0.717) is 12.2 Å². The number of hydrogen-bond donors (Lipinski definition) is 1. The van der Waals surface area contributed by atoms with Gasteiger partial charge in [-0.25, -0.2) is 4.79 Å². The SMILES string of the molecule is CCCc1nc(NC(=O)OC)nc(OC)n1. The van der Waals surface area contributed by atoms with Crippen LogP contribution >= 0.6 is 0 Å². The van der Waals surface area contributed by atoms with Gasteiger partial charge in [-0.05, 0) is 6.42 Å². The number of methoxy groups -OCH3 is 2. The number of nitrogens with one attached hydrogen (secondary N) is 1. The van der Waals surface area contributed by atoms with Crippen LogP contribution in [0, 0.1) is 0 Å². The van der Waals surface area contributed by atoms with E-state index in [1.165, 1.54) is 14.2 Å². The summed E-state index contributed by atoms with van der Waals surface area (Å²) >= 11 is 0. The van der Waals surface area contributed by atoms with Crippen LogP contribution in [0.2, 0.25) is 0 Å². The average Bonchev–Trinajstić information content (AvgIpc) is 2.29. The number of aromatic nitrogens is 3. The summed E-state index contributed by atoms with van der Waals surface area (Å²) in [5.74, 6) is 0.697. The monoisotopic (exact) mass is 226 g/mol. The maximum Gasteiger partial charge on any atom is 0.413 e. The van der Waals surface area contributed by atoms with Gasteiger partial charge in [0.15, 0.2) is 0 Å². The summed E-state index contributed by atoms with van der Waals surface area (Å²) in [6, 6.07) is 0.171. The van der Waals surface area contributed by atoms with Gasteiger partial charge in [0, 0.05) is 6.42 Å². The molecule has 0 aliphatic carbocycles. The molecule has 0 aliphatic rings. The standard InChI is InChI=1S/C9H14N4O3/c1-4-5-6-10-7(13-9(14)16-3)12-8(11-6)15-2/h4-5H2,1-3H3,(H,10,11,12,13,14). The minimum atomic E-state index is -0.629. The van der Waals surface area contributed by atoms with Crippen LogP contribution in [0.15, 0.2) is 0 Å². The van der Waals surface area contributed by atoms with Crippen LogP contribution in [0.5, 0.6) is 6.01 Å². The summed E-state index contributed by atoms with van der Waals surface area (Å²) in [6.07, 6.45) is 0.954. The lowest BCUT2D eigenvalue weighted by molar-refractivity contribution is 0.186. The minimum Gasteiger partial charge on any atom is -0.467 e. The fourth-order valence-corrected chi connectivity index (χ4v) is 1.02. The average molecular weight is 226 g/mol. The Morgan fingerprint density at radius 2 is 2.06 bits per heavy atom. The molecule has 1 rings (SSSR count). The Kier molecular flexibility index (Phi) is 4.43. The molecule has 1 amide bonds. The first-order valence-electron chi connectivity index (χ1n) is 4.83. The number of amides is 1. The Labute approximate surface area is 93.2 Å². The molecule has 1 aromatic rings. The maximum atomic E-state index is 11.0. The highest BCUT2D eigenvalue weighted by molar-refractivity contribution is 5.81. The molecular weight excluding hydrogens is 212 g/mol. The van der Waals surface area contributed by atoms with Crippen molar-refractivity contribution < 1.29 is 14.3 Å². The molecule has 0 radical (unpaired) electrons. The lowest BCUT2D eigenvalue weighted by Gasteiger charge is -2.05. The summed E-state index contributed by atoms with van der Waals surface area (Å²) in [6.45, 7) is 2.00. The summed E-state index contributed by atoms with van der Waals surface area (Å²) in [4.78, 5) is 22.9. The second kappa shape index (κ2) is 5.84. The quantitative estimate of drug-likeness (QED) is 0.824. The number of carbonyl (C=O) groups excluding carboxylic acids is 1. The van der Waals surface area contributed by atoms with Crippen LogP contribution in [-0.4, -0.2) is 35.3 Å². The first-order valence-corrected chi connectivity index (χ1v) is 4.83. The van der Waals surface area contributed by atoms with Crippen molar-refractivity contribution in [3.63, 3.8) is 0 Å². The molecule has 0 atom stereocenters. The molecule has 0 unspecified atom stereocenters. The predicted octanol–water partition coefficient (Wildman–Crippen LogP) is 1.01. The molecule has 1 aromatic heterocycles. The zero-order chi connectivity index (χ0) is 12.0. The smallest absolute Gasteiger partial charge is 0.413 e. The number of rotatable bonds is 4. The van der Waals surface area contributed by atoms with Crippen LogP contribution < -0.4 is 10.1 Å². The van der Waals surface area contributed by atoms with E-state index in [0.717, 1.165) is 6.42 Å². The number of anilines is 1. The van der Waals surface area contributed by atoms with Crippen LogP contribution in [0.4, 0.5) is 10.7 Å². The third kappa shape index (κ3) is 3.34.